The number of anilines is 1. The molecule has 9 nitrogen and oxygen atoms in total. The lowest BCUT2D eigenvalue weighted by atomic mass is 10.1. The van der Waals surface area contributed by atoms with Crippen LogP contribution in [0.1, 0.15) is 30.4 Å². The van der Waals surface area contributed by atoms with Gasteiger partial charge in [-0.05, 0) is 86.3 Å². The molecule has 0 radical (unpaired) electrons. The van der Waals surface area contributed by atoms with E-state index in [2.05, 4.69) is 5.32 Å². The molecule has 11 heteroatoms. The standard InChI is InChI=1S/C29H35N3O6S2/c1-23-11-12-25(21-24(23)2)32(40(36,37)27-9-5-3-6-10-27)22-29(33)30-17-20-38-26-13-15-28(16-14-26)39(34,35)31-18-7-4-8-19-31/h3,5-6,9-16,21H,4,7-8,17-20,22H2,1-2H3,(H,30,33). The highest BCUT2D eigenvalue weighted by Crippen LogP contribution is 2.26. The zero-order chi connectivity index (χ0) is 28.8. The van der Waals surface area contributed by atoms with Crippen molar-refractivity contribution >= 4 is 31.6 Å². The van der Waals surface area contributed by atoms with Crippen molar-refractivity contribution in [1.29, 1.82) is 0 Å². The molecule has 1 heterocycles. The Morgan fingerprint density at radius 1 is 0.850 bits per heavy atom. The SMILES string of the molecule is Cc1ccc(N(CC(=O)NCCOc2ccc(S(=O)(=O)N3CCCCC3)cc2)S(=O)(=O)c2ccccc2)cc1C. The van der Waals surface area contributed by atoms with Crippen molar-refractivity contribution in [3.05, 3.63) is 83.9 Å². The van der Waals surface area contributed by atoms with E-state index in [0.29, 0.717) is 24.5 Å². The Labute approximate surface area is 236 Å². The van der Waals surface area contributed by atoms with Gasteiger partial charge in [-0.15, -0.1) is 0 Å². The Balaban J connectivity index is 1.36. The maximum atomic E-state index is 13.5. The summed E-state index contributed by atoms with van der Waals surface area (Å²) in [4.78, 5) is 13.1. The van der Waals surface area contributed by atoms with E-state index in [-0.39, 0.29) is 22.9 Å². The number of nitrogens with zero attached hydrogens (tertiary/aromatic N) is 2. The summed E-state index contributed by atoms with van der Waals surface area (Å²) in [7, 11) is -7.51. The normalized spacial score (nSPS) is 14.4. The van der Waals surface area contributed by atoms with Crippen molar-refractivity contribution < 1.29 is 26.4 Å². The minimum atomic E-state index is -3.99. The quantitative estimate of drug-likeness (QED) is 0.342. The number of carbonyl (C=O) groups is 1. The second-order valence-electron chi connectivity index (χ2n) is 9.73. The van der Waals surface area contributed by atoms with Gasteiger partial charge in [0.1, 0.15) is 18.9 Å². The summed E-state index contributed by atoms with van der Waals surface area (Å²) in [6.07, 6.45) is 2.78. The second kappa shape index (κ2) is 12.8. The molecule has 1 aliphatic rings. The average Bonchev–Trinajstić information content (AvgIpc) is 2.96. The van der Waals surface area contributed by atoms with Crippen LogP contribution in [0.4, 0.5) is 5.69 Å². The van der Waals surface area contributed by atoms with Crippen molar-refractivity contribution in [3.8, 4) is 5.75 Å². The lowest BCUT2D eigenvalue weighted by Gasteiger charge is -2.25. The molecule has 4 rings (SSSR count). The first kappa shape index (κ1) is 29.6. The maximum absolute atomic E-state index is 13.5. The van der Waals surface area contributed by atoms with Crippen LogP contribution in [0.5, 0.6) is 5.75 Å². The minimum Gasteiger partial charge on any atom is -0.492 e. The van der Waals surface area contributed by atoms with Gasteiger partial charge in [0.25, 0.3) is 10.0 Å². The Hall–Kier alpha value is -3.41. The van der Waals surface area contributed by atoms with E-state index in [9.17, 15) is 21.6 Å². The van der Waals surface area contributed by atoms with Crippen LogP contribution >= 0.6 is 0 Å². The zero-order valence-corrected chi connectivity index (χ0v) is 24.4. The maximum Gasteiger partial charge on any atom is 0.264 e. The number of benzene rings is 3. The van der Waals surface area contributed by atoms with Crippen LogP contribution in [0.25, 0.3) is 0 Å². The van der Waals surface area contributed by atoms with Gasteiger partial charge in [-0.25, -0.2) is 16.8 Å². The number of nitrogens with one attached hydrogen (secondary N) is 1. The monoisotopic (exact) mass is 585 g/mol. The van der Waals surface area contributed by atoms with Crippen molar-refractivity contribution in [2.75, 3.05) is 37.1 Å². The number of amides is 1. The molecule has 3 aromatic carbocycles. The lowest BCUT2D eigenvalue weighted by molar-refractivity contribution is -0.119. The number of sulfonamides is 2. The predicted octanol–water partition coefficient (Wildman–Crippen LogP) is 3.87. The third-order valence-electron chi connectivity index (χ3n) is 6.87. The van der Waals surface area contributed by atoms with Crippen molar-refractivity contribution in [1.82, 2.24) is 9.62 Å². The third-order valence-corrected chi connectivity index (χ3v) is 10.6. The second-order valence-corrected chi connectivity index (χ2v) is 13.5. The molecule has 40 heavy (non-hydrogen) atoms. The van der Waals surface area contributed by atoms with Crippen molar-refractivity contribution in [3.63, 3.8) is 0 Å². The van der Waals surface area contributed by atoms with E-state index in [4.69, 9.17) is 4.74 Å². The fourth-order valence-corrected chi connectivity index (χ4v) is 7.37. The van der Waals surface area contributed by atoms with E-state index < -0.39 is 32.5 Å². The Kier molecular flexibility index (Phi) is 9.49. The van der Waals surface area contributed by atoms with E-state index in [1.165, 1.54) is 28.6 Å². The van der Waals surface area contributed by atoms with E-state index >= 15 is 0 Å². The first-order chi connectivity index (χ1) is 19.1. The fraction of sp³-hybridized carbons (Fsp3) is 0.345. The molecule has 0 saturated carbocycles. The molecular formula is C29H35N3O6S2. The molecular weight excluding hydrogens is 550 g/mol. The van der Waals surface area contributed by atoms with Crippen molar-refractivity contribution in [2.45, 2.75) is 42.9 Å². The summed E-state index contributed by atoms with van der Waals surface area (Å²) >= 11 is 0. The van der Waals surface area contributed by atoms with Gasteiger partial charge in [0.15, 0.2) is 0 Å². The van der Waals surface area contributed by atoms with Crippen LogP contribution in [0.2, 0.25) is 0 Å². The van der Waals surface area contributed by atoms with Crippen LogP contribution in [0.3, 0.4) is 0 Å². The van der Waals surface area contributed by atoms with Crippen molar-refractivity contribution in [2.24, 2.45) is 0 Å². The topological polar surface area (TPSA) is 113 Å². The molecule has 0 spiro atoms. The fourth-order valence-electron chi connectivity index (χ4n) is 4.42. The summed E-state index contributed by atoms with van der Waals surface area (Å²) in [5.74, 6) is -0.0143. The van der Waals surface area contributed by atoms with Gasteiger partial charge in [0.05, 0.1) is 22.0 Å². The van der Waals surface area contributed by atoms with Gasteiger partial charge in [-0.3, -0.25) is 9.10 Å². The molecule has 1 aliphatic heterocycles. The number of aryl methyl sites for hydroxylation is 2. The molecule has 0 bridgehead atoms. The minimum absolute atomic E-state index is 0.0927. The Bertz CT molecular complexity index is 1520. The van der Waals surface area contributed by atoms with Gasteiger partial charge in [-0.1, -0.05) is 30.7 Å². The Morgan fingerprint density at radius 3 is 2.17 bits per heavy atom. The van der Waals surface area contributed by atoms with Crippen LogP contribution in [0, 0.1) is 13.8 Å². The van der Waals surface area contributed by atoms with Crippen LogP contribution in [0.15, 0.2) is 82.6 Å². The number of carbonyl (C=O) groups excluding carboxylic acids is 1. The number of rotatable bonds is 11. The number of hydrogen-bond acceptors (Lipinski definition) is 6. The molecule has 0 aromatic heterocycles. The van der Waals surface area contributed by atoms with Crippen LogP contribution in [-0.4, -0.2) is 59.8 Å². The van der Waals surface area contributed by atoms with Gasteiger partial charge in [0.2, 0.25) is 15.9 Å². The summed E-state index contributed by atoms with van der Waals surface area (Å²) < 4.78 is 60.8. The smallest absolute Gasteiger partial charge is 0.264 e. The van der Waals surface area contributed by atoms with E-state index in [0.717, 1.165) is 34.7 Å². The zero-order valence-electron chi connectivity index (χ0n) is 22.7. The molecule has 214 valence electrons. The Morgan fingerprint density at radius 2 is 1.52 bits per heavy atom. The number of ether oxygens (including phenoxy) is 1. The molecule has 0 unspecified atom stereocenters. The summed E-state index contributed by atoms with van der Waals surface area (Å²) in [6, 6.07) is 19.5. The lowest BCUT2D eigenvalue weighted by Crippen LogP contribution is -2.42. The number of piperidine rings is 1. The summed E-state index contributed by atoms with van der Waals surface area (Å²) in [5.41, 5.74) is 2.33. The van der Waals surface area contributed by atoms with E-state index in [1.807, 2.05) is 19.9 Å². The summed E-state index contributed by atoms with van der Waals surface area (Å²) in [6.45, 7) is 4.75. The van der Waals surface area contributed by atoms with Gasteiger partial charge < -0.3 is 10.1 Å². The highest BCUT2D eigenvalue weighted by atomic mass is 32.2. The molecule has 0 aliphatic carbocycles. The molecule has 1 N–H and O–H groups in total. The third kappa shape index (κ3) is 7.01. The highest BCUT2D eigenvalue weighted by molar-refractivity contribution is 7.92. The predicted molar refractivity (Wildman–Crippen MR) is 154 cm³/mol. The molecule has 0 atom stereocenters. The molecule has 1 amide bonds. The van der Waals surface area contributed by atoms with Gasteiger partial charge in [0, 0.05) is 13.1 Å². The molecule has 1 saturated heterocycles. The summed E-state index contributed by atoms with van der Waals surface area (Å²) in [5, 5.41) is 2.71. The average molecular weight is 586 g/mol. The van der Waals surface area contributed by atoms with Crippen LogP contribution < -0.4 is 14.4 Å². The van der Waals surface area contributed by atoms with E-state index in [1.54, 1.807) is 42.5 Å². The first-order valence-corrected chi connectivity index (χ1v) is 16.1. The van der Waals surface area contributed by atoms with Crippen LogP contribution in [-0.2, 0) is 24.8 Å². The van der Waals surface area contributed by atoms with Gasteiger partial charge >= 0.3 is 0 Å². The highest BCUT2D eigenvalue weighted by Gasteiger charge is 2.28. The van der Waals surface area contributed by atoms with Gasteiger partial charge in [-0.2, -0.15) is 4.31 Å². The molecule has 1 fully saturated rings. The molecule has 3 aromatic rings. The number of hydrogen-bond donors (Lipinski definition) is 1. The largest absolute Gasteiger partial charge is 0.492 e. The first-order valence-electron chi connectivity index (χ1n) is 13.2.